The molecule has 1 unspecified atom stereocenters. The molecule has 1 atom stereocenters. The first-order valence-electron chi connectivity index (χ1n) is 8.70. The van der Waals surface area contributed by atoms with E-state index in [1.54, 1.807) is 38.1 Å². The first-order valence-corrected chi connectivity index (χ1v) is 9.08. The molecule has 0 aliphatic rings. The monoisotopic (exact) mass is 402 g/mol. The summed E-state index contributed by atoms with van der Waals surface area (Å²) >= 11 is 5.96. The molecule has 0 saturated carbocycles. The van der Waals surface area contributed by atoms with Crippen LogP contribution in [-0.4, -0.2) is 22.2 Å². The zero-order valence-electron chi connectivity index (χ0n) is 16.0. The van der Waals surface area contributed by atoms with Gasteiger partial charge in [-0.05, 0) is 30.2 Å². The summed E-state index contributed by atoms with van der Waals surface area (Å²) in [4.78, 5) is 22.7. The Balaban J connectivity index is 2.51. The average Bonchev–Trinajstić information content (AvgIpc) is 2.63. The molecule has 0 saturated heterocycles. The maximum atomic E-state index is 11.8. The van der Waals surface area contributed by atoms with Crippen molar-refractivity contribution in [1.82, 2.24) is 5.43 Å². The SMILES string of the molecule is Cc1ccc(C(C/C(=N/NC(N)=O)c2ccc(Cl)cc2)C(C)(C)[N+](=O)[O-])cc1. The van der Waals surface area contributed by atoms with Gasteiger partial charge < -0.3 is 5.73 Å². The van der Waals surface area contributed by atoms with Crippen LogP contribution in [0.3, 0.4) is 0 Å². The molecule has 148 valence electrons. The number of aryl methyl sites for hydroxylation is 1. The molecule has 8 heteroatoms. The number of nitrogens with two attached hydrogens (primary N) is 1. The van der Waals surface area contributed by atoms with Crippen molar-refractivity contribution in [3.8, 4) is 0 Å². The number of nitrogens with one attached hydrogen (secondary N) is 1. The molecule has 7 nitrogen and oxygen atoms in total. The Hall–Kier alpha value is -2.93. The van der Waals surface area contributed by atoms with Crippen LogP contribution in [0.25, 0.3) is 0 Å². The Morgan fingerprint density at radius 2 is 1.79 bits per heavy atom. The van der Waals surface area contributed by atoms with Crippen molar-refractivity contribution in [3.63, 3.8) is 0 Å². The zero-order valence-corrected chi connectivity index (χ0v) is 16.7. The van der Waals surface area contributed by atoms with Crippen molar-refractivity contribution >= 4 is 23.3 Å². The maximum absolute atomic E-state index is 11.8. The zero-order chi connectivity index (χ0) is 20.9. The van der Waals surface area contributed by atoms with Crippen molar-refractivity contribution in [3.05, 3.63) is 80.4 Å². The van der Waals surface area contributed by atoms with Gasteiger partial charge in [0.25, 0.3) is 0 Å². The topological polar surface area (TPSA) is 111 Å². The summed E-state index contributed by atoms with van der Waals surface area (Å²) in [5.41, 5.74) is 9.14. The molecule has 0 fully saturated rings. The van der Waals surface area contributed by atoms with Crippen molar-refractivity contribution < 1.29 is 9.72 Å². The number of primary amides is 1. The van der Waals surface area contributed by atoms with Gasteiger partial charge in [-0.3, -0.25) is 10.1 Å². The quantitative estimate of drug-likeness (QED) is 0.410. The Morgan fingerprint density at radius 1 is 1.21 bits per heavy atom. The molecule has 0 bridgehead atoms. The second-order valence-electron chi connectivity index (χ2n) is 7.12. The third-order valence-electron chi connectivity index (χ3n) is 4.68. The molecule has 2 rings (SSSR count). The summed E-state index contributed by atoms with van der Waals surface area (Å²) in [5.74, 6) is -0.493. The van der Waals surface area contributed by atoms with Crippen molar-refractivity contribution in [1.29, 1.82) is 0 Å². The van der Waals surface area contributed by atoms with E-state index in [1.807, 2.05) is 31.2 Å². The van der Waals surface area contributed by atoms with Crippen LogP contribution in [0.5, 0.6) is 0 Å². The van der Waals surface area contributed by atoms with E-state index in [2.05, 4.69) is 10.5 Å². The molecule has 0 aliphatic heterocycles. The summed E-state index contributed by atoms with van der Waals surface area (Å²) in [6.45, 7) is 5.12. The number of carbonyl (C=O) groups is 1. The van der Waals surface area contributed by atoms with Gasteiger partial charge in [-0.2, -0.15) is 5.10 Å². The summed E-state index contributed by atoms with van der Waals surface area (Å²) in [7, 11) is 0. The summed E-state index contributed by atoms with van der Waals surface area (Å²) < 4.78 is 0. The highest BCUT2D eigenvalue weighted by Gasteiger charge is 2.42. The smallest absolute Gasteiger partial charge is 0.332 e. The van der Waals surface area contributed by atoms with E-state index in [4.69, 9.17) is 17.3 Å². The average molecular weight is 403 g/mol. The van der Waals surface area contributed by atoms with Crippen LogP contribution in [0.1, 0.15) is 42.9 Å². The van der Waals surface area contributed by atoms with E-state index in [-0.39, 0.29) is 11.3 Å². The number of hydrogen-bond acceptors (Lipinski definition) is 4. The van der Waals surface area contributed by atoms with Crippen LogP contribution in [0.15, 0.2) is 53.6 Å². The highest BCUT2D eigenvalue weighted by molar-refractivity contribution is 6.30. The predicted octanol–water partition coefficient (Wildman–Crippen LogP) is 4.25. The molecule has 2 amide bonds. The molecule has 0 aromatic heterocycles. The minimum atomic E-state index is -1.27. The molecule has 0 radical (unpaired) electrons. The number of urea groups is 1. The van der Waals surface area contributed by atoms with Gasteiger partial charge in [-0.25, -0.2) is 10.2 Å². The highest BCUT2D eigenvalue weighted by Crippen LogP contribution is 2.35. The normalized spacial score (nSPS) is 13.1. The van der Waals surface area contributed by atoms with Gasteiger partial charge in [0.2, 0.25) is 5.54 Å². The van der Waals surface area contributed by atoms with Crippen LogP contribution in [0.2, 0.25) is 5.02 Å². The van der Waals surface area contributed by atoms with E-state index >= 15 is 0 Å². The molecule has 28 heavy (non-hydrogen) atoms. The van der Waals surface area contributed by atoms with Gasteiger partial charge in [0.15, 0.2) is 0 Å². The first-order chi connectivity index (χ1) is 13.1. The lowest BCUT2D eigenvalue weighted by Crippen LogP contribution is -2.39. The summed E-state index contributed by atoms with van der Waals surface area (Å²) in [5, 5.41) is 16.4. The third-order valence-corrected chi connectivity index (χ3v) is 4.93. The van der Waals surface area contributed by atoms with E-state index in [1.165, 1.54) is 0 Å². The molecule has 2 aromatic carbocycles. The molecule has 0 spiro atoms. The Kier molecular flexibility index (Phi) is 6.75. The lowest BCUT2D eigenvalue weighted by Gasteiger charge is -2.28. The molecular formula is C20H23ClN4O3. The minimum absolute atomic E-state index is 0.221. The first kappa shape index (κ1) is 21.4. The molecule has 0 aliphatic carbocycles. The standard InChI is InChI=1S/C20H23ClN4O3/c1-13-4-6-14(7-5-13)17(20(2,3)25(27)28)12-18(23-24-19(22)26)15-8-10-16(21)11-9-15/h4-11,17H,12H2,1-3H3,(H3,22,24,26)/b23-18-. The maximum Gasteiger partial charge on any atom is 0.332 e. The Morgan fingerprint density at radius 3 is 2.29 bits per heavy atom. The van der Waals surface area contributed by atoms with Gasteiger partial charge in [0.1, 0.15) is 0 Å². The largest absolute Gasteiger partial charge is 0.350 e. The lowest BCUT2D eigenvalue weighted by atomic mass is 9.78. The third kappa shape index (κ3) is 5.29. The highest BCUT2D eigenvalue weighted by atomic mass is 35.5. The van der Waals surface area contributed by atoms with E-state index in [0.717, 1.165) is 11.1 Å². The van der Waals surface area contributed by atoms with Crippen LogP contribution >= 0.6 is 11.6 Å². The van der Waals surface area contributed by atoms with E-state index < -0.39 is 17.5 Å². The van der Waals surface area contributed by atoms with Gasteiger partial charge in [-0.1, -0.05) is 53.6 Å². The number of benzene rings is 2. The second kappa shape index (κ2) is 8.84. The van der Waals surface area contributed by atoms with Gasteiger partial charge >= 0.3 is 6.03 Å². The minimum Gasteiger partial charge on any atom is -0.350 e. The number of nitrogens with zero attached hydrogens (tertiary/aromatic N) is 2. The molecule has 2 aromatic rings. The summed E-state index contributed by atoms with van der Waals surface area (Å²) in [6.07, 6.45) is 0.221. The number of halogens is 1. The van der Waals surface area contributed by atoms with E-state index in [9.17, 15) is 14.9 Å². The van der Waals surface area contributed by atoms with Crippen LogP contribution in [0.4, 0.5) is 4.79 Å². The fourth-order valence-electron chi connectivity index (χ4n) is 2.89. The van der Waals surface area contributed by atoms with Crippen molar-refractivity contribution in [2.45, 2.75) is 38.6 Å². The van der Waals surface area contributed by atoms with Gasteiger partial charge in [-0.15, -0.1) is 0 Å². The number of rotatable bonds is 7. The number of carbonyl (C=O) groups excluding carboxylic acids is 1. The molecule has 3 N–H and O–H groups in total. The summed E-state index contributed by atoms with van der Waals surface area (Å²) in [6, 6.07) is 13.7. The number of hydrogen-bond donors (Lipinski definition) is 2. The van der Waals surface area contributed by atoms with Gasteiger partial charge in [0.05, 0.1) is 11.6 Å². The lowest BCUT2D eigenvalue weighted by molar-refractivity contribution is -0.565. The van der Waals surface area contributed by atoms with Crippen LogP contribution in [0, 0.1) is 17.0 Å². The van der Waals surface area contributed by atoms with Crippen molar-refractivity contribution in [2.24, 2.45) is 10.8 Å². The van der Waals surface area contributed by atoms with Crippen LogP contribution in [-0.2, 0) is 0 Å². The van der Waals surface area contributed by atoms with E-state index in [0.29, 0.717) is 16.3 Å². The van der Waals surface area contributed by atoms with Crippen LogP contribution < -0.4 is 11.2 Å². The molecule has 0 heterocycles. The second-order valence-corrected chi connectivity index (χ2v) is 7.56. The number of nitro groups is 1. The molecular weight excluding hydrogens is 380 g/mol. The number of hydrazone groups is 1. The fourth-order valence-corrected chi connectivity index (χ4v) is 3.01. The van der Waals surface area contributed by atoms with Gasteiger partial charge in [0, 0.05) is 30.2 Å². The van der Waals surface area contributed by atoms with Crippen molar-refractivity contribution in [2.75, 3.05) is 0 Å². The number of amides is 2. The fraction of sp³-hybridized carbons (Fsp3) is 0.300. The Labute approximate surface area is 168 Å². The predicted molar refractivity (Wildman–Crippen MR) is 110 cm³/mol. The Bertz CT molecular complexity index is 877.